The van der Waals surface area contributed by atoms with Crippen molar-refractivity contribution in [1.29, 1.82) is 0 Å². The van der Waals surface area contributed by atoms with Crippen molar-refractivity contribution < 1.29 is 9.53 Å². The minimum atomic E-state index is -0.530. The Morgan fingerprint density at radius 1 is 1.12 bits per heavy atom. The monoisotopic (exact) mass is 354 g/mol. The van der Waals surface area contributed by atoms with Crippen LogP contribution in [0.15, 0.2) is 47.4 Å². The Balaban J connectivity index is 1.91. The number of aromatic nitrogens is 1. The predicted molar refractivity (Wildman–Crippen MR) is 103 cm³/mol. The molecule has 0 saturated heterocycles. The molecule has 0 aliphatic heterocycles. The second kappa shape index (κ2) is 7.77. The van der Waals surface area contributed by atoms with Gasteiger partial charge in [-0.25, -0.2) is 0 Å². The molecular weight excluding hydrogens is 328 g/mol. The third-order valence-corrected chi connectivity index (χ3v) is 5.37. The van der Waals surface area contributed by atoms with E-state index in [0.717, 1.165) is 43.4 Å². The normalized spacial score (nSPS) is 16.1. The highest BCUT2D eigenvalue weighted by molar-refractivity contribution is 5.99. The molecule has 1 heterocycles. The summed E-state index contributed by atoms with van der Waals surface area (Å²) < 4.78 is 6.84. The molecule has 0 spiro atoms. The Bertz CT molecular complexity index is 818. The number of nitrogens with zero attached hydrogens (tertiary/aromatic N) is 1. The molecule has 1 saturated carbocycles. The first-order chi connectivity index (χ1) is 12.6. The van der Waals surface area contributed by atoms with E-state index in [0.29, 0.717) is 12.2 Å². The number of nitrogens with one attached hydrogen (secondary N) is 1. The molecule has 1 aromatic carbocycles. The van der Waals surface area contributed by atoms with Gasteiger partial charge in [0.1, 0.15) is 5.75 Å². The number of methoxy groups -OCH3 is 1. The minimum Gasteiger partial charge on any atom is -0.497 e. The summed E-state index contributed by atoms with van der Waals surface area (Å²) in [4.78, 5) is 25.1. The summed E-state index contributed by atoms with van der Waals surface area (Å²) in [7, 11) is 1.64. The number of carbonyl (C=O) groups excluding carboxylic acids is 1. The van der Waals surface area contributed by atoms with Crippen LogP contribution in [0, 0.1) is 0 Å². The fourth-order valence-electron chi connectivity index (χ4n) is 3.82. The van der Waals surface area contributed by atoms with E-state index in [1.165, 1.54) is 6.07 Å². The molecule has 138 valence electrons. The molecule has 2 aromatic rings. The van der Waals surface area contributed by atoms with Gasteiger partial charge in [-0.05, 0) is 43.5 Å². The van der Waals surface area contributed by atoms with E-state index in [4.69, 9.17) is 4.74 Å². The van der Waals surface area contributed by atoms with Crippen molar-refractivity contribution in [3.63, 3.8) is 0 Å². The Morgan fingerprint density at radius 3 is 2.42 bits per heavy atom. The standard InChI is InChI=1S/C21H26N2O3/c1-3-23-15-17(9-12-19(23)24)22-20(25)21(13-5-4-6-14-21)16-7-10-18(26-2)11-8-16/h7-12,15H,3-6,13-14H2,1-2H3,(H,22,25). The van der Waals surface area contributed by atoms with Crippen molar-refractivity contribution in [2.45, 2.75) is 51.0 Å². The number of ether oxygens (including phenoxy) is 1. The van der Waals surface area contributed by atoms with Crippen LogP contribution in [-0.4, -0.2) is 17.6 Å². The Hall–Kier alpha value is -2.56. The number of hydrogen-bond acceptors (Lipinski definition) is 3. The summed E-state index contributed by atoms with van der Waals surface area (Å²) in [6.45, 7) is 2.49. The molecule has 0 unspecified atom stereocenters. The van der Waals surface area contributed by atoms with E-state index in [-0.39, 0.29) is 11.5 Å². The number of pyridine rings is 1. The van der Waals surface area contributed by atoms with Crippen LogP contribution in [0.2, 0.25) is 0 Å². The Morgan fingerprint density at radius 2 is 1.81 bits per heavy atom. The van der Waals surface area contributed by atoms with Gasteiger partial charge in [-0.15, -0.1) is 0 Å². The molecule has 3 rings (SSSR count). The predicted octanol–water partition coefficient (Wildman–Crippen LogP) is 3.72. The average molecular weight is 354 g/mol. The van der Waals surface area contributed by atoms with E-state index in [2.05, 4.69) is 5.32 Å². The van der Waals surface area contributed by atoms with E-state index in [9.17, 15) is 9.59 Å². The van der Waals surface area contributed by atoms with Gasteiger partial charge in [-0.1, -0.05) is 31.4 Å². The third-order valence-electron chi connectivity index (χ3n) is 5.37. The zero-order chi connectivity index (χ0) is 18.6. The van der Waals surface area contributed by atoms with Crippen molar-refractivity contribution in [2.24, 2.45) is 0 Å². The molecule has 1 N–H and O–H groups in total. The number of anilines is 1. The lowest BCUT2D eigenvalue weighted by Gasteiger charge is -2.36. The SMILES string of the molecule is CCn1cc(NC(=O)C2(c3ccc(OC)cc3)CCCCC2)ccc1=O. The zero-order valence-corrected chi connectivity index (χ0v) is 15.5. The fraction of sp³-hybridized carbons (Fsp3) is 0.429. The van der Waals surface area contributed by atoms with Crippen LogP contribution < -0.4 is 15.6 Å². The van der Waals surface area contributed by atoms with Crippen molar-refractivity contribution in [2.75, 3.05) is 12.4 Å². The molecule has 0 radical (unpaired) electrons. The van der Waals surface area contributed by atoms with Crippen molar-refractivity contribution >= 4 is 11.6 Å². The second-order valence-corrected chi connectivity index (χ2v) is 6.87. The first kappa shape index (κ1) is 18.2. The van der Waals surface area contributed by atoms with Gasteiger partial charge in [0.2, 0.25) is 5.91 Å². The van der Waals surface area contributed by atoms with E-state index < -0.39 is 5.41 Å². The van der Waals surface area contributed by atoms with Gasteiger partial charge in [-0.3, -0.25) is 9.59 Å². The van der Waals surface area contributed by atoms with Crippen molar-refractivity contribution in [3.05, 3.63) is 58.5 Å². The lowest BCUT2D eigenvalue weighted by atomic mass is 9.68. The lowest BCUT2D eigenvalue weighted by Crippen LogP contribution is -2.42. The summed E-state index contributed by atoms with van der Waals surface area (Å²) in [6, 6.07) is 11.0. The molecule has 5 nitrogen and oxygen atoms in total. The van der Waals surface area contributed by atoms with Gasteiger partial charge >= 0.3 is 0 Å². The molecule has 0 bridgehead atoms. The topological polar surface area (TPSA) is 60.3 Å². The van der Waals surface area contributed by atoms with Crippen molar-refractivity contribution in [1.82, 2.24) is 4.57 Å². The maximum atomic E-state index is 13.3. The van der Waals surface area contributed by atoms with Gasteiger partial charge in [0.15, 0.2) is 0 Å². The number of hydrogen-bond donors (Lipinski definition) is 1. The quantitative estimate of drug-likeness (QED) is 0.890. The van der Waals surface area contributed by atoms with Crippen LogP contribution in [0.1, 0.15) is 44.6 Å². The molecule has 5 heteroatoms. The van der Waals surface area contributed by atoms with Crippen LogP contribution in [-0.2, 0) is 16.8 Å². The summed E-state index contributed by atoms with van der Waals surface area (Å²) in [6.07, 6.45) is 6.61. The second-order valence-electron chi connectivity index (χ2n) is 6.87. The molecule has 0 atom stereocenters. The van der Waals surface area contributed by atoms with E-state index >= 15 is 0 Å². The Labute approximate surface area is 154 Å². The molecule has 26 heavy (non-hydrogen) atoms. The zero-order valence-electron chi connectivity index (χ0n) is 15.5. The van der Waals surface area contributed by atoms with Crippen LogP contribution in [0.4, 0.5) is 5.69 Å². The average Bonchev–Trinajstić information content (AvgIpc) is 2.70. The Kier molecular flexibility index (Phi) is 5.45. The van der Waals surface area contributed by atoms with Crippen LogP contribution in [0.3, 0.4) is 0 Å². The van der Waals surface area contributed by atoms with E-state index in [1.54, 1.807) is 23.9 Å². The minimum absolute atomic E-state index is 0.00340. The van der Waals surface area contributed by atoms with Crippen molar-refractivity contribution in [3.8, 4) is 5.75 Å². The van der Waals surface area contributed by atoms with Gasteiger partial charge < -0.3 is 14.6 Å². The third kappa shape index (κ3) is 3.52. The summed E-state index contributed by atoms with van der Waals surface area (Å²) in [5.74, 6) is 0.791. The molecular formula is C21H26N2O3. The summed E-state index contributed by atoms with van der Waals surface area (Å²) in [5.41, 5.74) is 1.10. The highest BCUT2D eigenvalue weighted by Gasteiger charge is 2.41. The number of rotatable bonds is 5. The number of carbonyl (C=O) groups is 1. The highest BCUT2D eigenvalue weighted by atomic mass is 16.5. The first-order valence-corrected chi connectivity index (χ1v) is 9.25. The van der Waals surface area contributed by atoms with Gasteiger partial charge in [0.05, 0.1) is 18.2 Å². The van der Waals surface area contributed by atoms with E-state index in [1.807, 2.05) is 31.2 Å². The van der Waals surface area contributed by atoms with Crippen LogP contribution in [0.5, 0.6) is 5.75 Å². The molecule has 1 fully saturated rings. The lowest BCUT2D eigenvalue weighted by molar-refractivity contribution is -0.122. The maximum absolute atomic E-state index is 13.3. The van der Waals surface area contributed by atoms with Gasteiger partial charge in [0.25, 0.3) is 5.56 Å². The first-order valence-electron chi connectivity index (χ1n) is 9.25. The smallest absolute Gasteiger partial charge is 0.250 e. The molecule has 1 aromatic heterocycles. The summed E-state index contributed by atoms with van der Waals surface area (Å²) >= 11 is 0. The molecule has 1 amide bonds. The van der Waals surface area contributed by atoms with Gasteiger partial charge in [0, 0.05) is 18.8 Å². The maximum Gasteiger partial charge on any atom is 0.250 e. The number of amides is 1. The number of aryl methyl sites for hydroxylation is 1. The number of benzene rings is 1. The fourth-order valence-corrected chi connectivity index (χ4v) is 3.82. The molecule has 1 aliphatic rings. The van der Waals surface area contributed by atoms with Crippen LogP contribution >= 0.6 is 0 Å². The molecule has 1 aliphatic carbocycles. The highest BCUT2D eigenvalue weighted by Crippen LogP contribution is 2.41. The largest absolute Gasteiger partial charge is 0.497 e. The summed E-state index contributed by atoms with van der Waals surface area (Å²) in [5, 5.41) is 3.05. The van der Waals surface area contributed by atoms with Gasteiger partial charge in [-0.2, -0.15) is 0 Å². The van der Waals surface area contributed by atoms with Crippen LogP contribution in [0.25, 0.3) is 0 Å².